The van der Waals surface area contributed by atoms with Gasteiger partial charge in [-0.05, 0) is 26.0 Å². The van der Waals surface area contributed by atoms with Crippen molar-refractivity contribution in [1.82, 2.24) is 9.88 Å². The number of benzene rings is 1. The highest BCUT2D eigenvalue weighted by Crippen LogP contribution is 2.24. The molecular weight excluding hydrogens is 200 g/mol. The first kappa shape index (κ1) is 10.7. The van der Waals surface area contributed by atoms with Crippen LogP contribution in [0.1, 0.15) is 21.6 Å². The van der Waals surface area contributed by atoms with Crippen molar-refractivity contribution < 1.29 is 4.79 Å². The van der Waals surface area contributed by atoms with Gasteiger partial charge in [-0.1, -0.05) is 11.6 Å². The summed E-state index contributed by atoms with van der Waals surface area (Å²) >= 11 is 0. The van der Waals surface area contributed by atoms with Crippen molar-refractivity contribution in [3.63, 3.8) is 0 Å². The predicted octanol–water partition coefficient (Wildman–Crippen LogP) is 2.49. The molecule has 0 unspecified atom stereocenters. The maximum absolute atomic E-state index is 12.1. The molecule has 3 heteroatoms. The Morgan fingerprint density at radius 2 is 1.94 bits per heavy atom. The molecule has 0 aliphatic carbocycles. The second-order valence-electron chi connectivity index (χ2n) is 4.37. The fraction of sp³-hybridized carbons (Fsp3) is 0.308. The van der Waals surface area contributed by atoms with Crippen LogP contribution in [0.25, 0.3) is 10.9 Å². The molecule has 1 aromatic heterocycles. The standard InChI is InChI=1S/C13H16N2O/c1-8-5-6-11-10(7-8)12(9(2)14-11)13(16)15(3)4/h5-7,14H,1-4H3. The van der Waals surface area contributed by atoms with Crippen LogP contribution in [-0.2, 0) is 0 Å². The fourth-order valence-corrected chi connectivity index (χ4v) is 1.94. The van der Waals surface area contributed by atoms with Crippen LogP contribution in [0.5, 0.6) is 0 Å². The zero-order valence-corrected chi connectivity index (χ0v) is 10.1. The van der Waals surface area contributed by atoms with Crippen LogP contribution in [0, 0.1) is 13.8 Å². The number of H-pyrrole nitrogens is 1. The number of hydrogen-bond acceptors (Lipinski definition) is 1. The van der Waals surface area contributed by atoms with Gasteiger partial charge in [-0.3, -0.25) is 4.79 Å². The van der Waals surface area contributed by atoms with Crippen LogP contribution in [0.4, 0.5) is 0 Å². The molecule has 3 nitrogen and oxygen atoms in total. The molecule has 0 aliphatic rings. The number of carbonyl (C=O) groups is 1. The zero-order valence-electron chi connectivity index (χ0n) is 10.1. The van der Waals surface area contributed by atoms with Gasteiger partial charge in [0.2, 0.25) is 0 Å². The summed E-state index contributed by atoms with van der Waals surface area (Å²) in [6, 6.07) is 6.11. The Kier molecular flexibility index (Phi) is 2.46. The summed E-state index contributed by atoms with van der Waals surface area (Å²) in [5.74, 6) is 0.0503. The van der Waals surface area contributed by atoms with Crippen molar-refractivity contribution in [2.75, 3.05) is 14.1 Å². The van der Waals surface area contributed by atoms with Crippen LogP contribution < -0.4 is 0 Å². The van der Waals surface area contributed by atoms with Crippen LogP contribution in [0.15, 0.2) is 18.2 Å². The Bertz CT molecular complexity index is 552. The van der Waals surface area contributed by atoms with Crippen LogP contribution >= 0.6 is 0 Å². The van der Waals surface area contributed by atoms with Gasteiger partial charge in [0.05, 0.1) is 5.56 Å². The van der Waals surface area contributed by atoms with E-state index in [4.69, 9.17) is 0 Å². The minimum absolute atomic E-state index is 0.0503. The van der Waals surface area contributed by atoms with Gasteiger partial charge in [0.25, 0.3) is 5.91 Å². The smallest absolute Gasteiger partial charge is 0.255 e. The lowest BCUT2D eigenvalue weighted by Crippen LogP contribution is -2.22. The second-order valence-corrected chi connectivity index (χ2v) is 4.37. The topological polar surface area (TPSA) is 36.1 Å². The fourth-order valence-electron chi connectivity index (χ4n) is 1.94. The molecule has 1 heterocycles. The molecule has 0 saturated heterocycles. The Morgan fingerprint density at radius 3 is 2.56 bits per heavy atom. The molecule has 0 spiro atoms. The second kappa shape index (κ2) is 3.67. The Morgan fingerprint density at radius 1 is 1.25 bits per heavy atom. The van der Waals surface area contributed by atoms with Gasteiger partial charge in [0.1, 0.15) is 0 Å². The molecule has 2 aromatic rings. The molecule has 0 bridgehead atoms. The van der Waals surface area contributed by atoms with Crippen molar-refractivity contribution in [2.45, 2.75) is 13.8 Å². The molecule has 84 valence electrons. The molecule has 16 heavy (non-hydrogen) atoms. The lowest BCUT2D eigenvalue weighted by Gasteiger charge is -2.10. The average Bonchev–Trinajstić information content (AvgIpc) is 2.52. The molecular formula is C13H16N2O. The molecule has 0 atom stereocenters. The maximum Gasteiger partial charge on any atom is 0.255 e. The number of nitrogens with zero attached hydrogens (tertiary/aromatic N) is 1. The van der Waals surface area contributed by atoms with E-state index in [1.54, 1.807) is 19.0 Å². The number of aryl methyl sites for hydroxylation is 2. The molecule has 2 rings (SSSR count). The van der Waals surface area contributed by atoms with E-state index in [1.807, 2.05) is 26.0 Å². The summed E-state index contributed by atoms with van der Waals surface area (Å²) in [6.07, 6.45) is 0. The van der Waals surface area contributed by atoms with Gasteiger partial charge in [-0.25, -0.2) is 0 Å². The molecule has 1 amide bonds. The SMILES string of the molecule is Cc1ccc2[nH]c(C)c(C(=O)N(C)C)c2c1. The van der Waals surface area contributed by atoms with Gasteiger partial charge in [0.15, 0.2) is 0 Å². The van der Waals surface area contributed by atoms with Crippen molar-refractivity contribution in [3.8, 4) is 0 Å². The third-order valence-electron chi connectivity index (χ3n) is 2.76. The Labute approximate surface area is 95.1 Å². The molecule has 0 radical (unpaired) electrons. The first-order chi connectivity index (χ1) is 7.50. The third kappa shape index (κ3) is 1.58. The van der Waals surface area contributed by atoms with Crippen LogP contribution in [-0.4, -0.2) is 29.9 Å². The van der Waals surface area contributed by atoms with E-state index in [0.717, 1.165) is 22.2 Å². The maximum atomic E-state index is 12.1. The highest BCUT2D eigenvalue weighted by Gasteiger charge is 2.17. The summed E-state index contributed by atoms with van der Waals surface area (Å²) < 4.78 is 0. The summed E-state index contributed by atoms with van der Waals surface area (Å²) in [5, 5.41) is 1.01. The summed E-state index contributed by atoms with van der Waals surface area (Å²) in [4.78, 5) is 16.9. The van der Waals surface area contributed by atoms with Crippen molar-refractivity contribution in [1.29, 1.82) is 0 Å². The van der Waals surface area contributed by atoms with E-state index in [9.17, 15) is 4.79 Å². The van der Waals surface area contributed by atoms with Crippen LogP contribution in [0.2, 0.25) is 0 Å². The largest absolute Gasteiger partial charge is 0.358 e. The van der Waals surface area contributed by atoms with Crippen molar-refractivity contribution in [3.05, 3.63) is 35.0 Å². The Balaban J connectivity index is 2.72. The number of fused-ring (bicyclic) bond motifs is 1. The summed E-state index contributed by atoms with van der Waals surface area (Å²) in [7, 11) is 3.55. The summed E-state index contributed by atoms with van der Waals surface area (Å²) in [5.41, 5.74) is 3.90. The lowest BCUT2D eigenvalue weighted by atomic mass is 10.1. The van der Waals surface area contributed by atoms with Crippen LogP contribution in [0.3, 0.4) is 0 Å². The predicted molar refractivity (Wildman–Crippen MR) is 65.8 cm³/mol. The van der Waals surface area contributed by atoms with E-state index in [-0.39, 0.29) is 5.91 Å². The molecule has 0 aliphatic heterocycles. The number of nitrogens with one attached hydrogen (secondary N) is 1. The third-order valence-corrected chi connectivity index (χ3v) is 2.76. The van der Waals surface area contributed by atoms with Gasteiger partial charge in [0, 0.05) is 30.7 Å². The van der Waals surface area contributed by atoms with Gasteiger partial charge < -0.3 is 9.88 Å². The Hall–Kier alpha value is -1.77. The normalized spacial score (nSPS) is 10.8. The van der Waals surface area contributed by atoms with E-state index < -0.39 is 0 Å². The molecule has 0 saturated carbocycles. The first-order valence-corrected chi connectivity index (χ1v) is 5.31. The van der Waals surface area contributed by atoms with Gasteiger partial charge in [-0.15, -0.1) is 0 Å². The monoisotopic (exact) mass is 216 g/mol. The highest BCUT2D eigenvalue weighted by molar-refractivity contribution is 6.08. The van der Waals surface area contributed by atoms with Crippen molar-refractivity contribution in [2.24, 2.45) is 0 Å². The van der Waals surface area contributed by atoms with E-state index >= 15 is 0 Å². The number of rotatable bonds is 1. The quantitative estimate of drug-likeness (QED) is 0.781. The number of amides is 1. The molecule has 0 fully saturated rings. The average molecular weight is 216 g/mol. The minimum Gasteiger partial charge on any atom is -0.358 e. The van der Waals surface area contributed by atoms with E-state index in [0.29, 0.717) is 0 Å². The van der Waals surface area contributed by atoms with Gasteiger partial charge >= 0.3 is 0 Å². The summed E-state index contributed by atoms with van der Waals surface area (Å²) in [6.45, 7) is 3.97. The number of carbonyl (C=O) groups excluding carboxylic acids is 1. The number of aromatic nitrogens is 1. The first-order valence-electron chi connectivity index (χ1n) is 5.31. The highest BCUT2D eigenvalue weighted by atomic mass is 16.2. The van der Waals surface area contributed by atoms with Gasteiger partial charge in [-0.2, -0.15) is 0 Å². The van der Waals surface area contributed by atoms with E-state index in [2.05, 4.69) is 11.1 Å². The lowest BCUT2D eigenvalue weighted by molar-refractivity contribution is 0.0829. The van der Waals surface area contributed by atoms with E-state index in [1.165, 1.54) is 5.56 Å². The van der Waals surface area contributed by atoms with Crippen molar-refractivity contribution >= 4 is 16.8 Å². The number of hydrogen-bond donors (Lipinski definition) is 1. The minimum atomic E-state index is 0.0503. The zero-order chi connectivity index (χ0) is 11.9. The molecule has 1 aromatic carbocycles. The molecule has 1 N–H and O–H groups in total. The number of aromatic amines is 1.